The van der Waals surface area contributed by atoms with Crippen LogP contribution in [0.3, 0.4) is 0 Å². The number of carbonyl (C=O) groups is 1. The summed E-state index contributed by atoms with van der Waals surface area (Å²) in [6, 6.07) is 10.2. The van der Waals surface area contributed by atoms with Crippen LogP contribution < -0.4 is 10.1 Å². The Balaban J connectivity index is 1.87. The second-order valence-electron chi connectivity index (χ2n) is 5.25. The molecular formula is C18H14Cl2N2O2S. The van der Waals surface area contributed by atoms with Crippen LogP contribution in [0.15, 0.2) is 41.8 Å². The molecule has 0 aliphatic heterocycles. The zero-order chi connectivity index (χ0) is 18.0. The number of aromatic nitrogens is 1. The molecular weight excluding hydrogens is 379 g/mol. The van der Waals surface area contributed by atoms with E-state index < -0.39 is 0 Å². The molecule has 3 rings (SSSR count). The monoisotopic (exact) mass is 392 g/mol. The SMILES string of the molecule is COc1ccc(C(=O)Nc2ccc(Cl)c(-c3csc(C)n3)c2)c(Cl)c1. The fourth-order valence-electron chi connectivity index (χ4n) is 2.29. The van der Waals surface area contributed by atoms with Crippen LogP contribution in [0.2, 0.25) is 10.0 Å². The van der Waals surface area contributed by atoms with Gasteiger partial charge in [-0.2, -0.15) is 0 Å². The van der Waals surface area contributed by atoms with Crippen LogP contribution in [0, 0.1) is 6.92 Å². The van der Waals surface area contributed by atoms with Crippen molar-refractivity contribution in [3.05, 3.63) is 62.4 Å². The van der Waals surface area contributed by atoms with Crippen LogP contribution in [0.5, 0.6) is 5.75 Å². The number of hydrogen-bond acceptors (Lipinski definition) is 4. The highest BCUT2D eigenvalue weighted by Gasteiger charge is 2.13. The van der Waals surface area contributed by atoms with Crippen LogP contribution in [0.25, 0.3) is 11.3 Å². The summed E-state index contributed by atoms with van der Waals surface area (Å²) in [6.45, 7) is 1.93. The van der Waals surface area contributed by atoms with Gasteiger partial charge in [0.2, 0.25) is 0 Å². The topological polar surface area (TPSA) is 51.2 Å². The number of rotatable bonds is 4. The van der Waals surface area contributed by atoms with Gasteiger partial charge in [-0.1, -0.05) is 23.2 Å². The van der Waals surface area contributed by atoms with Gasteiger partial charge in [0.1, 0.15) is 5.75 Å². The Labute approximate surface area is 159 Å². The van der Waals surface area contributed by atoms with Crippen molar-refractivity contribution in [1.29, 1.82) is 0 Å². The molecule has 0 saturated carbocycles. The van der Waals surface area contributed by atoms with Gasteiger partial charge >= 0.3 is 0 Å². The van der Waals surface area contributed by atoms with Gasteiger partial charge in [-0.3, -0.25) is 4.79 Å². The van der Waals surface area contributed by atoms with Crippen molar-refractivity contribution in [3.63, 3.8) is 0 Å². The number of amides is 1. The molecule has 0 aliphatic rings. The highest BCUT2D eigenvalue weighted by atomic mass is 35.5. The number of aryl methyl sites for hydroxylation is 1. The molecule has 0 atom stereocenters. The highest BCUT2D eigenvalue weighted by molar-refractivity contribution is 7.09. The first-order chi connectivity index (χ1) is 12.0. The summed E-state index contributed by atoms with van der Waals surface area (Å²) in [4.78, 5) is 16.9. The van der Waals surface area contributed by atoms with E-state index >= 15 is 0 Å². The second-order valence-corrected chi connectivity index (χ2v) is 7.12. The molecule has 1 heterocycles. The molecule has 3 aromatic rings. The summed E-state index contributed by atoms with van der Waals surface area (Å²) < 4.78 is 5.09. The zero-order valence-corrected chi connectivity index (χ0v) is 15.8. The van der Waals surface area contributed by atoms with Crippen LogP contribution in [0.4, 0.5) is 5.69 Å². The molecule has 25 heavy (non-hydrogen) atoms. The molecule has 0 fully saturated rings. The minimum absolute atomic E-state index is 0.310. The third kappa shape index (κ3) is 3.95. The number of benzene rings is 2. The van der Waals surface area contributed by atoms with Gasteiger partial charge < -0.3 is 10.1 Å². The molecule has 128 valence electrons. The number of methoxy groups -OCH3 is 1. The van der Waals surface area contributed by atoms with E-state index in [0.29, 0.717) is 27.0 Å². The maximum atomic E-state index is 12.5. The van der Waals surface area contributed by atoms with E-state index in [1.807, 2.05) is 12.3 Å². The molecule has 4 nitrogen and oxygen atoms in total. The van der Waals surface area contributed by atoms with E-state index in [1.165, 1.54) is 0 Å². The van der Waals surface area contributed by atoms with Crippen LogP contribution in [-0.2, 0) is 0 Å². The summed E-state index contributed by atoms with van der Waals surface area (Å²) in [7, 11) is 1.54. The van der Waals surface area contributed by atoms with E-state index in [-0.39, 0.29) is 5.91 Å². The average molecular weight is 393 g/mol. The standard InChI is InChI=1S/C18H14Cl2N2O2S/c1-10-21-17(9-25-10)14-7-11(3-6-15(14)19)22-18(23)13-5-4-12(24-2)8-16(13)20/h3-9H,1-2H3,(H,22,23). The molecule has 0 spiro atoms. The summed E-state index contributed by atoms with van der Waals surface area (Å²) in [5, 5.41) is 6.61. The van der Waals surface area contributed by atoms with Crippen molar-refractivity contribution in [1.82, 2.24) is 4.98 Å². The van der Waals surface area contributed by atoms with E-state index in [2.05, 4.69) is 10.3 Å². The lowest BCUT2D eigenvalue weighted by Crippen LogP contribution is -2.12. The third-order valence-electron chi connectivity index (χ3n) is 3.54. The molecule has 1 amide bonds. The van der Waals surface area contributed by atoms with Crippen molar-refractivity contribution in [2.45, 2.75) is 6.92 Å². The van der Waals surface area contributed by atoms with Gasteiger partial charge in [-0.15, -0.1) is 11.3 Å². The van der Waals surface area contributed by atoms with Crippen molar-refractivity contribution < 1.29 is 9.53 Å². The summed E-state index contributed by atoms with van der Waals surface area (Å²) in [5.74, 6) is 0.282. The maximum absolute atomic E-state index is 12.5. The van der Waals surface area contributed by atoms with E-state index in [0.717, 1.165) is 16.3 Å². The first kappa shape index (κ1) is 17.7. The fourth-order valence-corrected chi connectivity index (χ4v) is 3.38. The first-order valence-electron chi connectivity index (χ1n) is 7.35. The number of carbonyl (C=O) groups excluding carboxylic acids is 1. The number of thiazole rings is 1. The number of nitrogens with zero attached hydrogens (tertiary/aromatic N) is 1. The van der Waals surface area contributed by atoms with Gasteiger partial charge in [-0.05, 0) is 43.3 Å². The van der Waals surface area contributed by atoms with Gasteiger partial charge in [0, 0.05) is 16.6 Å². The maximum Gasteiger partial charge on any atom is 0.257 e. The molecule has 0 saturated heterocycles. The number of nitrogens with one attached hydrogen (secondary N) is 1. The number of ether oxygens (including phenoxy) is 1. The van der Waals surface area contributed by atoms with Gasteiger partial charge in [0.15, 0.2) is 0 Å². The molecule has 1 N–H and O–H groups in total. The number of halogens is 2. The van der Waals surface area contributed by atoms with Crippen molar-refractivity contribution in [2.75, 3.05) is 12.4 Å². The van der Waals surface area contributed by atoms with E-state index in [1.54, 1.807) is 54.8 Å². The fraction of sp³-hybridized carbons (Fsp3) is 0.111. The quantitative estimate of drug-likeness (QED) is 0.620. The van der Waals surface area contributed by atoms with E-state index in [4.69, 9.17) is 27.9 Å². The minimum atomic E-state index is -0.310. The predicted molar refractivity (Wildman–Crippen MR) is 103 cm³/mol. The molecule has 1 aromatic heterocycles. The number of hydrogen-bond donors (Lipinski definition) is 1. The van der Waals surface area contributed by atoms with Crippen LogP contribution in [0.1, 0.15) is 15.4 Å². The molecule has 2 aromatic carbocycles. The second kappa shape index (κ2) is 7.44. The Morgan fingerprint density at radius 2 is 1.96 bits per heavy atom. The van der Waals surface area contributed by atoms with Crippen molar-refractivity contribution in [2.24, 2.45) is 0 Å². The lowest BCUT2D eigenvalue weighted by molar-refractivity contribution is 0.102. The minimum Gasteiger partial charge on any atom is -0.497 e. The Morgan fingerprint density at radius 1 is 1.16 bits per heavy atom. The first-order valence-corrected chi connectivity index (χ1v) is 8.98. The highest BCUT2D eigenvalue weighted by Crippen LogP contribution is 2.32. The Bertz CT molecular complexity index is 941. The molecule has 0 bridgehead atoms. The molecule has 0 unspecified atom stereocenters. The van der Waals surface area contributed by atoms with Crippen LogP contribution in [-0.4, -0.2) is 18.0 Å². The van der Waals surface area contributed by atoms with Gasteiger partial charge in [0.25, 0.3) is 5.91 Å². The summed E-state index contributed by atoms with van der Waals surface area (Å²) in [5.41, 5.74) is 2.53. The lowest BCUT2D eigenvalue weighted by Gasteiger charge is -2.10. The van der Waals surface area contributed by atoms with Gasteiger partial charge in [-0.25, -0.2) is 4.98 Å². The molecule has 0 radical (unpaired) electrons. The summed E-state index contributed by atoms with van der Waals surface area (Å²) >= 11 is 14.0. The van der Waals surface area contributed by atoms with Crippen molar-refractivity contribution in [3.8, 4) is 17.0 Å². The normalized spacial score (nSPS) is 10.6. The Morgan fingerprint density at radius 3 is 2.60 bits per heavy atom. The zero-order valence-electron chi connectivity index (χ0n) is 13.5. The summed E-state index contributed by atoms with van der Waals surface area (Å²) in [6.07, 6.45) is 0. The Hall–Kier alpha value is -2.08. The lowest BCUT2D eigenvalue weighted by atomic mass is 10.1. The smallest absolute Gasteiger partial charge is 0.257 e. The van der Waals surface area contributed by atoms with Crippen molar-refractivity contribution >= 4 is 46.1 Å². The van der Waals surface area contributed by atoms with Crippen LogP contribution >= 0.6 is 34.5 Å². The van der Waals surface area contributed by atoms with E-state index in [9.17, 15) is 4.79 Å². The Kier molecular flexibility index (Phi) is 5.27. The number of anilines is 1. The third-order valence-corrected chi connectivity index (χ3v) is 4.96. The average Bonchev–Trinajstić information content (AvgIpc) is 3.02. The van der Waals surface area contributed by atoms with Gasteiger partial charge in [0.05, 0.1) is 33.4 Å². The largest absolute Gasteiger partial charge is 0.497 e. The molecule has 7 heteroatoms. The predicted octanol–water partition coefficient (Wildman–Crippen LogP) is 5.69. The molecule has 0 aliphatic carbocycles.